The van der Waals surface area contributed by atoms with E-state index >= 15 is 0 Å². The number of fused-ring (bicyclic) bond motifs is 1. The van der Waals surface area contributed by atoms with Crippen molar-refractivity contribution in [2.75, 3.05) is 5.73 Å². The van der Waals surface area contributed by atoms with Gasteiger partial charge in [0, 0.05) is 17.0 Å². The average molecular weight is 428 g/mol. The minimum Gasteiger partial charge on any atom is -0.290 e. The highest BCUT2D eigenvalue weighted by molar-refractivity contribution is 5.88. The highest BCUT2D eigenvalue weighted by Gasteiger charge is 2.26. The number of aromatic amines is 2. The molecular formula is C22H22N9O+. The summed E-state index contributed by atoms with van der Waals surface area (Å²) in [6.07, 6.45) is 0. The molecule has 0 aliphatic heterocycles. The van der Waals surface area contributed by atoms with Crippen molar-refractivity contribution >= 4 is 11.6 Å². The average Bonchev–Trinajstić information content (AvgIpc) is 3.31. The Morgan fingerprint density at radius 2 is 1.75 bits per heavy atom. The summed E-state index contributed by atoms with van der Waals surface area (Å²) in [6, 6.07) is 13.8. The number of hydrogen-bond donors (Lipinski definition) is 2. The molecule has 0 saturated carbocycles. The molecule has 0 amide bonds. The van der Waals surface area contributed by atoms with Crippen LogP contribution < -0.4 is 16.4 Å². The van der Waals surface area contributed by atoms with Crippen LogP contribution >= 0.6 is 0 Å². The van der Waals surface area contributed by atoms with Gasteiger partial charge in [0.1, 0.15) is 11.4 Å². The summed E-state index contributed by atoms with van der Waals surface area (Å²) >= 11 is 0. The van der Waals surface area contributed by atoms with E-state index in [1.54, 1.807) is 0 Å². The molecule has 4 heterocycles. The van der Waals surface area contributed by atoms with Crippen molar-refractivity contribution in [2.45, 2.75) is 27.3 Å². The molecule has 5 aromatic rings. The Bertz CT molecular complexity index is 1490. The van der Waals surface area contributed by atoms with Gasteiger partial charge < -0.3 is 0 Å². The number of anilines is 1. The fraction of sp³-hybridized carbons (Fsp3) is 0.182. The molecule has 0 atom stereocenters. The minimum absolute atomic E-state index is 0.177. The van der Waals surface area contributed by atoms with Crippen LogP contribution in [-0.4, -0.2) is 34.6 Å². The Hall–Kier alpha value is -4.34. The first-order valence-electron chi connectivity index (χ1n) is 10.1. The van der Waals surface area contributed by atoms with E-state index in [0.717, 1.165) is 33.8 Å². The molecule has 0 spiro atoms. The second kappa shape index (κ2) is 7.41. The van der Waals surface area contributed by atoms with Gasteiger partial charge in [-0.2, -0.15) is 20.1 Å². The molecule has 0 saturated heterocycles. The predicted octanol–water partition coefficient (Wildman–Crippen LogP) is 1.71. The van der Waals surface area contributed by atoms with Gasteiger partial charge in [-0.15, -0.1) is 9.50 Å². The first-order valence-corrected chi connectivity index (χ1v) is 10.1. The number of nitrogens with zero attached hydrogens (tertiary/aromatic N) is 6. The standard InChI is InChI=1S/C22H21N9O/c1-12-9-16(10-13(2)24-12)18-19(15-7-5-4-6-8-15)25-21(23)31-20(18)28-30(22(31)32)11-17-14(3)26-29-27-17/h4-10H,11H2,1-3H3,(H2,23,25)(H,26,27,29)/p+1. The van der Waals surface area contributed by atoms with Gasteiger partial charge in [-0.25, -0.2) is 9.78 Å². The van der Waals surface area contributed by atoms with Gasteiger partial charge in [0.25, 0.3) is 0 Å². The van der Waals surface area contributed by atoms with E-state index in [0.29, 0.717) is 17.0 Å². The molecule has 32 heavy (non-hydrogen) atoms. The van der Waals surface area contributed by atoms with Gasteiger partial charge in [0.15, 0.2) is 0 Å². The SMILES string of the molecule is Cc1cc(-c2c(-c3ccccc3)[nH+]c(N)n3c(=O)n(Cc4n[nH]nc4C)nc23)cc(C)n1. The smallest absolute Gasteiger partial charge is 0.290 e. The van der Waals surface area contributed by atoms with E-state index in [4.69, 9.17) is 5.73 Å². The van der Waals surface area contributed by atoms with Crippen LogP contribution in [0.15, 0.2) is 47.3 Å². The first kappa shape index (κ1) is 19.6. The van der Waals surface area contributed by atoms with Crippen LogP contribution in [0.2, 0.25) is 0 Å². The summed E-state index contributed by atoms with van der Waals surface area (Å²) in [6.45, 7) is 5.88. The number of nitrogen functional groups attached to an aromatic ring is 1. The Morgan fingerprint density at radius 3 is 2.41 bits per heavy atom. The largest absolute Gasteiger partial charge is 0.411 e. The molecule has 0 fully saturated rings. The van der Waals surface area contributed by atoms with Crippen molar-refractivity contribution in [2.24, 2.45) is 0 Å². The van der Waals surface area contributed by atoms with Gasteiger partial charge in [0.2, 0.25) is 5.65 Å². The zero-order chi connectivity index (χ0) is 22.4. The number of nitrogens with one attached hydrogen (secondary N) is 2. The molecule has 4 N–H and O–H groups in total. The van der Waals surface area contributed by atoms with Crippen molar-refractivity contribution in [1.29, 1.82) is 0 Å². The van der Waals surface area contributed by atoms with Gasteiger partial charge in [-0.3, -0.25) is 10.7 Å². The van der Waals surface area contributed by atoms with Crippen molar-refractivity contribution in [3.05, 3.63) is 75.7 Å². The van der Waals surface area contributed by atoms with E-state index in [2.05, 4.69) is 30.5 Å². The summed E-state index contributed by atoms with van der Waals surface area (Å²) in [5.41, 5.74) is 12.9. The molecule has 10 heteroatoms. The maximum atomic E-state index is 13.2. The molecule has 5 rings (SSSR count). The quantitative estimate of drug-likeness (QED) is 0.448. The zero-order valence-corrected chi connectivity index (χ0v) is 17.9. The lowest BCUT2D eigenvalue weighted by atomic mass is 9.99. The second-order valence-corrected chi connectivity index (χ2v) is 7.72. The van der Waals surface area contributed by atoms with Crippen LogP contribution in [0, 0.1) is 20.8 Å². The minimum atomic E-state index is -0.362. The van der Waals surface area contributed by atoms with Crippen molar-refractivity contribution in [3.8, 4) is 22.4 Å². The van der Waals surface area contributed by atoms with E-state index in [9.17, 15) is 4.79 Å². The van der Waals surface area contributed by atoms with Crippen LogP contribution in [0.5, 0.6) is 0 Å². The molecule has 4 aromatic heterocycles. The monoisotopic (exact) mass is 428 g/mol. The Labute approximate surface area is 182 Å². The third-order valence-electron chi connectivity index (χ3n) is 5.36. The Balaban J connectivity index is 1.84. The topological polar surface area (TPSA) is 134 Å². The number of nitrogens with two attached hydrogens (primary N) is 1. The lowest BCUT2D eigenvalue weighted by Gasteiger charge is -2.10. The maximum absolute atomic E-state index is 13.2. The summed E-state index contributed by atoms with van der Waals surface area (Å²) < 4.78 is 2.74. The van der Waals surface area contributed by atoms with Gasteiger partial charge in [-0.05, 0) is 38.5 Å². The number of aryl methyl sites for hydroxylation is 3. The van der Waals surface area contributed by atoms with E-state index in [1.807, 2.05) is 63.2 Å². The van der Waals surface area contributed by atoms with Gasteiger partial charge >= 0.3 is 11.6 Å². The fourth-order valence-electron chi connectivity index (χ4n) is 3.92. The number of rotatable bonds is 4. The van der Waals surface area contributed by atoms with Gasteiger partial charge in [0.05, 0.1) is 17.8 Å². The van der Waals surface area contributed by atoms with Crippen LogP contribution in [0.4, 0.5) is 5.95 Å². The molecule has 0 aliphatic rings. The fourth-order valence-corrected chi connectivity index (χ4v) is 3.92. The van der Waals surface area contributed by atoms with E-state index < -0.39 is 0 Å². The third kappa shape index (κ3) is 3.22. The number of benzene rings is 1. The number of H-pyrrole nitrogens is 2. The molecule has 10 nitrogen and oxygen atoms in total. The van der Waals surface area contributed by atoms with Crippen molar-refractivity contribution in [1.82, 2.24) is 34.6 Å². The van der Waals surface area contributed by atoms with Gasteiger partial charge in [-0.1, -0.05) is 30.3 Å². The van der Waals surface area contributed by atoms with E-state index in [-0.39, 0.29) is 18.2 Å². The Morgan fingerprint density at radius 1 is 1.03 bits per heavy atom. The second-order valence-electron chi connectivity index (χ2n) is 7.72. The lowest BCUT2D eigenvalue weighted by Crippen LogP contribution is -2.28. The molecular weight excluding hydrogens is 406 g/mol. The maximum Gasteiger partial charge on any atom is 0.411 e. The predicted molar refractivity (Wildman–Crippen MR) is 119 cm³/mol. The Kier molecular flexibility index (Phi) is 4.54. The third-order valence-corrected chi connectivity index (χ3v) is 5.36. The van der Waals surface area contributed by atoms with Crippen LogP contribution in [0.3, 0.4) is 0 Å². The zero-order valence-electron chi connectivity index (χ0n) is 17.9. The normalized spacial score (nSPS) is 11.3. The molecule has 1 aromatic carbocycles. The first-order chi connectivity index (χ1) is 15.4. The van der Waals surface area contributed by atoms with Crippen LogP contribution in [-0.2, 0) is 6.54 Å². The van der Waals surface area contributed by atoms with Crippen LogP contribution in [0.1, 0.15) is 22.8 Å². The molecule has 160 valence electrons. The molecule has 0 radical (unpaired) electrons. The molecule has 0 unspecified atom stereocenters. The number of pyridine rings is 1. The number of aromatic nitrogens is 8. The summed E-state index contributed by atoms with van der Waals surface area (Å²) in [5, 5.41) is 15.4. The lowest BCUT2D eigenvalue weighted by molar-refractivity contribution is -0.351. The molecule has 0 aliphatic carbocycles. The number of hydrogen-bond acceptors (Lipinski definition) is 6. The van der Waals surface area contributed by atoms with Crippen molar-refractivity contribution < 1.29 is 4.98 Å². The summed E-state index contributed by atoms with van der Waals surface area (Å²) in [4.78, 5) is 21.0. The molecule has 0 bridgehead atoms. The van der Waals surface area contributed by atoms with E-state index in [1.165, 1.54) is 9.08 Å². The highest BCUT2D eigenvalue weighted by Crippen LogP contribution is 2.32. The summed E-state index contributed by atoms with van der Waals surface area (Å²) in [5.74, 6) is 0.193. The van der Waals surface area contributed by atoms with Crippen LogP contribution in [0.25, 0.3) is 28.0 Å². The highest BCUT2D eigenvalue weighted by atomic mass is 16.2. The van der Waals surface area contributed by atoms with Crippen molar-refractivity contribution in [3.63, 3.8) is 0 Å². The summed E-state index contributed by atoms with van der Waals surface area (Å²) in [7, 11) is 0.